The highest BCUT2D eigenvalue weighted by Gasteiger charge is 2.19. The predicted octanol–water partition coefficient (Wildman–Crippen LogP) is 4.13. The van der Waals surface area contributed by atoms with Gasteiger partial charge in [0.05, 0.1) is 16.6 Å². The van der Waals surface area contributed by atoms with Gasteiger partial charge in [0.1, 0.15) is 17.2 Å². The lowest BCUT2D eigenvalue weighted by atomic mass is 10.2. The zero-order valence-corrected chi connectivity index (χ0v) is 16.8. The Balaban J connectivity index is 1.47. The monoisotopic (exact) mass is 405 g/mol. The molecule has 6 nitrogen and oxygen atoms in total. The average Bonchev–Trinajstić information content (AvgIpc) is 3.08. The quantitative estimate of drug-likeness (QED) is 0.542. The topological polar surface area (TPSA) is 73.2 Å². The lowest BCUT2D eigenvalue weighted by Gasteiger charge is -2.08. The van der Waals surface area contributed by atoms with Crippen LogP contribution in [0.3, 0.4) is 0 Å². The minimum Gasteiger partial charge on any atom is -0.489 e. The summed E-state index contributed by atoms with van der Waals surface area (Å²) in [5.41, 5.74) is 2.24. The number of thiophene rings is 1. The van der Waals surface area contributed by atoms with Crippen molar-refractivity contribution in [3.63, 3.8) is 0 Å². The number of benzene rings is 2. The Kier molecular flexibility index (Phi) is 5.14. The summed E-state index contributed by atoms with van der Waals surface area (Å²) in [6, 6.07) is 17.1. The van der Waals surface area contributed by atoms with Crippen LogP contribution in [0.1, 0.15) is 20.8 Å². The average molecular weight is 405 g/mol. The second kappa shape index (κ2) is 7.89. The van der Waals surface area contributed by atoms with Gasteiger partial charge in [-0.3, -0.25) is 9.59 Å². The third kappa shape index (κ3) is 3.90. The number of nitrogens with one attached hydrogen (secondary N) is 1. The highest BCUT2D eigenvalue weighted by molar-refractivity contribution is 7.20. The van der Waals surface area contributed by atoms with Gasteiger partial charge in [-0.15, -0.1) is 11.3 Å². The molecule has 0 saturated carbocycles. The summed E-state index contributed by atoms with van der Waals surface area (Å²) in [5.74, 6) is 0.461. The van der Waals surface area contributed by atoms with E-state index < -0.39 is 0 Å². The van der Waals surface area contributed by atoms with E-state index in [2.05, 4.69) is 10.3 Å². The van der Waals surface area contributed by atoms with Crippen LogP contribution < -0.4 is 15.6 Å². The molecule has 0 saturated heterocycles. The lowest BCUT2D eigenvalue weighted by Crippen LogP contribution is -2.17. The normalized spacial score (nSPS) is 10.8. The van der Waals surface area contributed by atoms with E-state index in [-0.39, 0.29) is 11.5 Å². The van der Waals surface area contributed by atoms with Crippen molar-refractivity contribution in [3.8, 4) is 5.75 Å². The molecule has 146 valence electrons. The Bertz CT molecular complexity index is 1230. The Morgan fingerprint density at radius 2 is 1.86 bits per heavy atom. The number of ether oxygens (including phenoxy) is 1. The maximum atomic E-state index is 12.7. The summed E-state index contributed by atoms with van der Waals surface area (Å²) in [7, 11) is 1.65. The molecule has 29 heavy (non-hydrogen) atoms. The number of aryl methyl sites for hydroxylation is 2. The summed E-state index contributed by atoms with van der Waals surface area (Å²) in [6.45, 7) is 2.26. The fourth-order valence-corrected chi connectivity index (χ4v) is 4.02. The van der Waals surface area contributed by atoms with E-state index >= 15 is 0 Å². The van der Waals surface area contributed by atoms with Gasteiger partial charge in [0.25, 0.3) is 11.5 Å². The van der Waals surface area contributed by atoms with Gasteiger partial charge in [-0.25, -0.2) is 4.98 Å². The van der Waals surface area contributed by atoms with Gasteiger partial charge in [0.2, 0.25) is 0 Å². The number of amides is 1. The molecule has 2 heterocycles. The highest BCUT2D eigenvalue weighted by atomic mass is 32.1. The van der Waals surface area contributed by atoms with Crippen LogP contribution in [0, 0.1) is 6.92 Å². The molecule has 0 aliphatic carbocycles. The SMILES string of the molecule is Cc1c(C(=O)Nc2ccc(OCc3ccccc3)cc2)sc2ncn(C)c(=O)c12. The van der Waals surface area contributed by atoms with Crippen LogP contribution in [0.15, 0.2) is 65.7 Å². The number of carbonyl (C=O) groups is 1. The minimum atomic E-state index is -0.259. The molecule has 0 unspecified atom stereocenters. The van der Waals surface area contributed by atoms with Crippen LogP contribution in [0.25, 0.3) is 10.2 Å². The molecule has 1 amide bonds. The van der Waals surface area contributed by atoms with Gasteiger partial charge in [0, 0.05) is 12.7 Å². The number of anilines is 1. The zero-order chi connectivity index (χ0) is 20.4. The summed E-state index contributed by atoms with van der Waals surface area (Å²) in [6.07, 6.45) is 1.47. The minimum absolute atomic E-state index is 0.150. The molecule has 0 fully saturated rings. The summed E-state index contributed by atoms with van der Waals surface area (Å²) >= 11 is 1.22. The van der Waals surface area contributed by atoms with E-state index in [1.165, 1.54) is 22.2 Å². The summed E-state index contributed by atoms with van der Waals surface area (Å²) in [4.78, 5) is 30.4. The molecule has 0 bridgehead atoms. The number of fused-ring (bicyclic) bond motifs is 1. The number of carbonyl (C=O) groups excluding carboxylic acids is 1. The van der Waals surface area contributed by atoms with Crippen LogP contribution in [-0.4, -0.2) is 15.5 Å². The molecule has 0 spiro atoms. The molecule has 0 aliphatic heterocycles. The Morgan fingerprint density at radius 1 is 1.14 bits per heavy atom. The molecule has 4 rings (SSSR count). The van der Waals surface area contributed by atoms with Crippen LogP contribution in [0.5, 0.6) is 5.75 Å². The van der Waals surface area contributed by atoms with E-state index in [1.807, 2.05) is 42.5 Å². The van der Waals surface area contributed by atoms with Crippen LogP contribution in [0.4, 0.5) is 5.69 Å². The van der Waals surface area contributed by atoms with Gasteiger partial charge >= 0.3 is 0 Å². The summed E-state index contributed by atoms with van der Waals surface area (Å²) < 4.78 is 7.18. The lowest BCUT2D eigenvalue weighted by molar-refractivity contribution is 0.103. The van der Waals surface area contributed by atoms with Crippen molar-refractivity contribution in [1.82, 2.24) is 9.55 Å². The van der Waals surface area contributed by atoms with E-state index in [0.717, 1.165) is 11.3 Å². The second-order valence-corrected chi connectivity index (χ2v) is 7.65. The molecule has 7 heteroatoms. The molecule has 0 aliphatic rings. The molecular weight excluding hydrogens is 386 g/mol. The van der Waals surface area contributed by atoms with Crippen LogP contribution >= 0.6 is 11.3 Å². The second-order valence-electron chi connectivity index (χ2n) is 6.65. The number of hydrogen-bond acceptors (Lipinski definition) is 5. The fraction of sp³-hybridized carbons (Fsp3) is 0.136. The smallest absolute Gasteiger partial charge is 0.266 e. The van der Waals surface area contributed by atoms with Gasteiger partial charge < -0.3 is 14.6 Å². The van der Waals surface area contributed by atoms with E-state index in [9.17, 15) is 9.59 Å². The first kappa shape index (κ1) is 18.9. The molecule has 2 aromatic heterocycles. The molecule has 0 radical (unpaired) electrons. The first-order chi connectivity index (χ1) is 14.0. The van der Waals surface area contributed by atoms with Crippen molar-refractivity contribution < 1.29 is 9.53 Å². The third-order valence-corrected chi connectivity index (χ3v) is 5.78. The van der Waals surface area contributed by atoms with Crippen LogP contribution in [-0.2, 0) is 13.7 Å². The van der Waals surface area contributed by atoms with Crippen molar-refractivity contribution in [2.24, 2.45) is 7.05 Å². The van der Waals surface area contributed by atoms with Crippen molar-refractivity contribution in [3.05, 3.63) is 87.3 Å². The predicted molar refractivity (Wildman–Crippen MR) is 115 cm³/mol. The largest absolute Gasteiger partial charge is 0.489 e. The molecule has 2 aromatic carbocycles. The standard InChI is InChI=1S/C22H19N3O3S/c1-14-18-21(23-13-25(2)22(18)27)29-19(14)20(26)24-16-8-10-17(11-9-16)28-12-15-6-4-3-5-7-15/h3-11,13H,12H2,1-2H3,(H,24,26). The molecule has 1 N–H and O–H groups in total. The van der Waals surface area contributed by atoms with Crippen molar-refractivity contribution >= 4 is 33.1 Å². The number of nitrogens with zero attached hydrogens (tertiary/aromatic N) is 2. The van der Waals surface area contributed by atoms with Gasteiger partial charge in [-0.05, 0) is 42.3 Å². The van der Waals surface area contributed by atoms with E-state index in [4.69, 9.17) is 4.74 Å². The van der Waals surface area contributed by atoms with Gasteiger partial charge in [0.15, 0.2) is 0 Å². The Morgan fingerprint density at radius 3 is 2.59 bits per heavy atom. The molecular formula is C22H19N3O3S. The number of hydrogen-bond donors (Lipinski definition) is 1. The first-order valence-corrected chi connectivity index (χ1v) is 9.87. The van der Waals surface area contributed by atoms with Crippen molar-refractivity contribution in [2.75, 3.05) is 5.32 Å². The number of rotatable bonds is 5. The Hall–Kier alpha value is -3.45. The number of aromatic nitrogens is 2. The maximum Gasteiger partial charge on any atom is 0.266 e. The Labute approximate surface area is 171 Å². The zero-order valence-electron chi connectivity index (χ0n) is 16.0. The van der Waals surface area contributed by atoms with Gasteiger partial charge in [-0.2, -0.15) is 0 Å². The van der Waals surface area contributed by atoms with E-state index in [1.54, 1.807) is 26.1 Å². The highest BCUT2D eigenvalue weighted by Crippen LogP contribution is 2.28. The van der Waals surface area contributed by atoms with Gasteiger partial charge in [-0.1, -0.05) is 30.3 Å². The van der Waals surface area contributed by atoms with Crippen molar-refractivity contribution in [2.45, 2.75) is 13.5 Å². The molecule has 0 atom stereocenters. The van der Waals surface area contributed by atoms with E-state index in [0.29, 0.717) is 33.0 Å². The maximum absolute atomic E-state index is 12.7. The van der Waals surface area contributed by atoms with Crippen molar-refractivity contribution in [1.29, 1.82) is 0 Å². The third-order valence-electron chi connectivity index (χ3n) is 4.58. The fourth-order valence-electron chi connectivity index (χ4n) is 2.99. The first-order valence-electron chi connectivity index (χ1n) is 9.06. The van der Waals surface area contributed by atoms with Crippen LogP contribution in [0.2, 0.25) is 0 Å². The summed E-state index contributed by atoms with van der Waals surface area (Å²) in [5, 5.41) is 3.37. The molecule has 4 aromatic rings.